The van der Waals surface area contributed by atoms with Gasteiger partial charge in [0.2, 0.25) is 6.79 Å². The molecule has 1 aliphatic rings. The molecule has 0 amide bonds. The first-order valence-electron chi connectivity index (χ1n) is 7.23. The van der Waals surface area contributed by atoms with E-state index in [-0.39, 0.29) is 6.04 Å². The first kappa shape index (κ1) is 13.8. The second kappa shape index (κ2) is 6.06. The third-order valence-corrected chi connectivity index (χ3v) is 3.74. The molecule has 0 saturated heterocycles. The van der Waals surface area contributed by atoms with Gasteiger partial charge < -0.3 is 20.1 Å². The van der Waals surface area contributed by atoms with E-state index in [1.807, 2.05) is 36.4 Å². The first-order chi connectivity index (χ1) is 10.3. The predicted octanol–water partition coefficient (Wildman–Crippen LogP) is 2.94. The highest BCUT2D eigenvalue weighted by Gasteiger charge is 2.17. The molecule has 2 aromatic carbocycles. The quantitative estimate of drug-likeness (QED) is 0.917. The number of para-hydroxylation sites is 1. The van der Waals surface area contributed by atoms with Gasteiger partial charge >= 0.3 is 0 Å². The number of hydrogen-bond donors (Lipinski definition) is 1. The van der Waals surface area contributed by atoms with E-state index in [0.29, 0.717) is 6.79 Å². The van der Waals surface area contributed by atoms with Crippen LogP contribution >= 0.6 is 0 Å². The summed E-state index contributed by atoms with van der Waals surface area (Å²) in [5.41, 5.74) is 8.62. The Morgan fingerprint density at radius 1 is 1.10 bits per heavy atom. The molecule has 2 aromatic rings. The lowest BCUT2D eigenvalue weighted by Gasteiger charge is -2.26. The number of benzene rings is 2. The third kappa shape index (κ3) is 2.95. The summed E-state index contributed by atoms with van der Waals surface area (Å²) in [5, 5.41) is 0. The van der Waals surface area contributed by atoms with Gasteiger partial charge in [0.25, 0.3) is 0 Å². The average molecular weight is 284 g/mol. The van der Waals surface area contributed by atoms with E-state index < -0.39 is 0 Å². The van der Waals surface area contributed by atoms with Crippen LogP contribution < -0.4 is 20.1 Å². The minimum absolute atomic E-state index is 0.0698. The highest BCUT2D eigenvalue weighted by atomic mass is 16.7. The summed E-state index contributed by atoms with van der Waals surface area (Å²) in [6.07, 6.45) is 0. The molecule has 0 radical (unpaired) electrons. The van der Waals surface area contributed by atoms with Gasteiger partial charge in [0.1, 0.15) is 0 Å². The van der Waals surface area contributed by atoms with Gasteiger partial charge in [-0.3, -0.25) is 0 Å². The number of nitrogens with zero attached hydrogens (tertiary/aromatic N) is 1. The summed E-state index contributed by atoms with van der Waals surface area (Å²) >= 11 is 0. The van der Waals surface area contributed by atoms with Crippen LogP contribution in [0.4, 0.5) is 5.69 Å². The number of likely N-dealkylation sites (N-methyl/N-ethyl adjacent to an activating group) is 1. The van der Waals surface area contributed by atoms with E-state index in [1.165, 1.54) is 5.69 Å². The van der Waals surface area contributed by atoms with E-state index >= 15 is 0 Å². The first-order valence-corrected chi connectivity index (χ1v) is 7.23. The standard InChI is InChI=1S/C17H20N2O2/c1-2-19(14-6-4-3-5-7-14)11-15(18)13-8-9-16-17(10-13)21-12-20-16/h3-10,15H,2,11-12,18H2,1H3. The van der Waals surface area contributed by atoms with Gasteiger partial charge in [-0.15, -0.1) is 0 Å². The fourth-order valence-electron chi connectivity index (χ4n) is 2.54. The molecule has 110 valence electrons. The molecule has 0 saturated carbocycles. The molecule has 0 spiro atoms. The maximum absolute atomic E-state index is 6.36. The zero-order valence-corrected chi connectivity index (χ0v) is 12.2. The molecular weight excluding hydrogens is 264 g/mol. The number of anilines is 1. The Kier molecular flexibility index (Phi) is 3.97. The molecule has 1 atom stereocenters. The molecule has 0 aliphatic carbocycles. The summed E-state index contributed by atoms with van der Waals surface area (Å²) in [6, 6.07) is 16.2. The van der Waals surface area contributed by atoms with Crippen molar-refractivity contribution in [3.05, 3.63) is 54.1 Å². The number of fused-ring (bicyclic) bond motifs is 1. The van der Waals surface area contributed by atoms with Gasteiger partial charge in [0.15, 0.2) is 11.5 Å². The topological polar surface area (TPSA) is 47.7 Å². The highest BCUT2D eigenvalue weighted by Crippen LogP contribution is 2.34. The van der Waals surface area contributed by atoms with Crippen molar-refractivity contribution in [3.63, 3.8) is 0 Å². The van der Waals surface area contributed by atoms with Crippen LogP contribution in [0.5, 0.6) is 11.5 Å². The molecule has 0 aromatic heterocycles. The van der Waals surface area contributed by atoms with Crippen molar-refractivity contribution in [2.24, 2.45) is 5.73 Å². The molecule has 0 fully saturated rings. The molecule has 4 heteroatoms. The Hall–Kier alpha value is -2.20. The van der Waals surface area contributed by atoms with Crippen LogP contribution in [0.25, 0.3) is 0 Å². The van der Waals surface area contributed by atoms with Crippen molar-refractivity contribution in [2.45, 2.75) is 13.0 Å². The van der Waals surface area contributed by atoms with Gasteiger partial charge in [0, 0.05) is 24.8 Å². The summed E-state index contributed by atoms with van der Waals surface area (Å²) in [4.78, 5) is 2.27. The molecule has 1 aliphatic heterocycles. The molecule has 4 nitrogen and oxygen atoms in total. The molecule has 21 heavy (non-hydrogen) atoms. The fourth-order valence-corrected chi connectivity index (χ4v) is 2.54. The number of ether oxygens (including phenoxy) is 2. The normalized spacial score (nSPS) is 14.0. The highest BCUT2D eigenvalue weighted by molar-refractivity contribution is 5.48. The van der Waals surface area contributed by atoms with Crippen molar-refractivity contribution in [1.82, 2.24) is 0 Å². The van der Waals surface area contributed by atoms with Crippen LogP contribution in [-0.2, 0) is 0 Å². The molecule has 1 unspecified atom stereocenters. The van der Waals surface area contributed by atoms with Crippen LogP contribution in [0.1, 0.15) is 18.5 Å². The van der Waals surface area contributed by atoms with Crippen molar-refractivity contribution in [2.75, 3.05) is 24.8 Å². The zero-order valence-electron chi connectivity index (χ0n) is 12.2. The van der Waals surface area contributed by atoms with Crippen LogP contribution in [0.2, 0.25) is 0 Å². The van der Waals surface area contributed by atoms with Crippen LogP contribution in [0, 0.1) is 0 Å². The van der Waals surface area contributed by atoms with Crippen molar-refractivity contribution < 1.29 is 9.47 Å². The summed E-state index contributed by atoms with van der Waals surface area (Å²) in [6.45, 7) is 4.11. The van der Waals surface area contributed by atoms with Crippen LogP contribution in [-0.4, -0.2) is 19.9 Å². The average Bonchev–Trinajstić information content (AvgIpc) is 3.00. The summed E-state index contributed by atoms with van der Waals surface area (Å²) in [5.74, 6) is 1.58. The zero-order chi connectivity index (χ0) is 14.7. The van der Waals surface area contributed by atoms with Gasteiger partial charge in [-0.2, -0.15) is 0 Å². The molecule has 2 N–H and O–H groups in total. The van der Waals surface area contributed by atoms with Crippen molar-refractivity contribution >= 4 is 5.69 Å². The lowest BCUT2D eigenvalue weighted by Crippen LogP contribution is -2.32. The van der Waals surface area contributed by atoms with Gasteiger partial charge in [0.05, 0.1) is 0 Å². The maximum atomic E-state index is 6.36. The Balaban J connectivity index is 1.74. The number of nitrogens with two attached hydrogens (primary N) is 1. The summed E-state index contributed by atoms with van der Waals surface area (Å²) < 4.78 is 10.7. The molecule has 1 heterocycles. The maximum Gasteiger partial charge on any atom is 0.231 e. The van der Waals surface area contributed by atoms with Crippen molar-refractivity contribution in [1.29, 1.82) is 0 Å². The Morgan fingerprint density at radius 3 is 2.62 bits per heavy atom. The predicted molar refractivity (Wildman–Crippen MR) is 83.8 cm³/mol. The van der Waals surface area contributed by atoms with E-state index in [2.05, 4.69) is 24.0 Å². The van der Waals surface area contributed by atoms with Gasteiger partial charge in [-0.25, -0.2) is 0 Å². The lowest BCUT2D eigenvalue weighted by atomic mass is 10.1. The van der Waals surface area contributed by atoms with Crippen LogP contribution in [0.15, 0.2) is 48.5 Å². The Labute approximate surface area is 125 Å². The number of hydrogen-bond acceptors (Lipinski definition) is 4. The second-order valence-electron chi connectivity index (χ2n) is 5.09. The van der Waals surface area contributed by atoms with Crippen LogP contribution in [0.3, 0.4) is 0 Å². The SMILES string of the molecule is CCN(CC(N)c1ccc2c(c1)OCO2)c1ccccc1. The van der Waals surface area contributed by atoms with Gasteiger partial charge in [-0.05, 0) is 36.8 Å². The number of rotatable bonds is 5. The molecule has 0 bridgehead atoms. The van der Waals surface area contributed by atoms with E-state index in [4.69, 9.17) is 15.2 Å². The molecular formula is C17H20N2O2. The lowest BCUT2D eigenvalue weighted by molar-refractivity contribution is 0.174. The smallest absolute Gasteiger partial charge is 0.231 e. The van der Waals surface area contributed by atoms with E-state index in [9.17, 15) is 0 Å². The minimum atomic E-state index is -0.0698. The van der Waals surface area contributed by atoms with E-state index in [0.717, 1.165) is 30.2 Å². The largest absolute Gasteiger partial charge is 0.454 e. The van der Waals surface area contributed by atoms with Gasteiger partial charge in [-0.1, -0.05) is 24.3 Å². The molecule has 3 rings (SSSR count). The summed E-state index contributed by atoms with van der Waals surface area (Å²) in [7, 11) is 0. The minimum Gasteiger partial charge on any atom is -0.454 e. The Bertz CT molecular complexity index is 601. The fraction of sp³-hybridized carbons (Fsp3) is 0.294. The van der Waals surface area contributed by atoms with E-state index in [1.54, 1.807) is 0 Å². The monoisotopic (exact) mass is 284 g/mol. The third-order valence-electron chi connectivity index (χ3n) is 3.74. The van der Waals surface area contributed by atoms with Crippen molar-refractivity contribution in [3.8, 4) is 11.5 Å². The second-order valence-corrected chi connectivity index (χ2v) is 5.09. The Morgan fingerprint density at radius 2 is 1.86 bits per heavy atom.